The molecular weight excluding hydrogens is 379 g/mol. The van der Waals surface area contributed by atoms with Gasteiger partial charge in [-0.1, -0.05) is 36.4 Å². The number of pyridine rings is 1. The topological polar surface area (TPSA) is 39.8 Å². The third-order valence-corrected chi connectivity index (χ3v) is 4.91. The molecule has 2 radical (unpaired) electrons. The van der Waals surface area contributed by atoms with Gasteiger partial charge in [-0.05, 0) is 43.5 Å². The van der Waals surface area contributed by atoms with E-state index in [4.69, 9.17) is 6.92 Å². The van der Waals surface area contributed by atoms with Gasteiger partial charge >= 0.3 is 6.18 Å². The minimum absolute atomic E-state index is 0.0574. The van der Waals surface area contributed by atoms with Gasteiger partial charge in [0.2, 0.25) is 0 Å². The van der Waals surface area contributed by atoms with Crippen LogP contribution in [-0.2, 0) is 6.54 Å². The maximum Gasteiger partial charge on any atom is 0.406 e. The number of hydrogen-bond donors (Lipinski definition) is 0. The van der Waals surface area contributed by atoms with Crippen molar-refractivity contribution in [3.8, 4) is 11.1 Å². The quantitative estimate of drug-likeness (QED) is 0.475. The number of fused-ring (bicyclic) bond motifs is 3. The van der Waals surface area contributed by atoms with Crippen LogP contribution in [0.4, 0.5) is 13.2 Å². The van der Waals surface area contributed by atoms with Crippen molar-refractivity contribution in [3.63, 3.8) is 0 Å². The Morgan fingerprint density at radius 1 is 1.10 bits per heavy atom. The molecule has 148 valence electrons. The summed E-state index contributed by atoms with van der Waals surface area (Å²) in [5.74, 6) is 0. The van der Waals surface area contributed by atoms with E-state index in [1.807, 2.05) is 13.8 Å². The first-order chi connectivity index (χ1) is 13.7. The summed E-state index contributed by atoms with van der Waals surface area (Å²) in [6.45, 7) is 8.47. The number of nitrogens with zero attached hydrogens (tertiary/aromatic N) is 3. The van der Waals surface area contributed by atoms with E-state index in [1.165, 1.54) is 6.20 Å². The van der Waals surface area contributed by atoms with Crippen LogP contribution in [0.1, 0.15) is 25.5 Å². The number of aromatic nitrogens is 3. The summed E-state index contributed by atoms with van der Waals surface area (Å²) >= 11 is 0. The average Bonchev–Trinajstić information content (AvgIpc) is 3.10. The summed E-state index contributed by atoms with van der Waals surface area (Å²) in [5.41, 5.74) is 1.85. The Labute approximate surface area is 165 Å². The van der Waals surface area contributed by atoms with Gasteiger partial charge in [0.15, 0.2) is 0 Å². The van der Waals surface area contributed by atoms with E-state index in [1.54, 1.807) is 47.1 Å². The lowest BCUT2D eigenvalue weighted by Gasteiger charge is -2.17. The Bertz CT molecular complexity index is 1280. The summed E-state index contributed by atoms with van der Waals surface area (Å²) in [4.78, 5) is 13.0. The van der Waals surface area contributed by atoms with Crippen LogP contribution in [0.25, 0.3) is 32.9 Å². The molecule has 0 saturated carbocycles. The van der Waals surface area contributed by atoms with Gasteiger partial charge in [0.25, 0.3) is 5.56 Å². The first kappa shape index (κ1) is 19.2. The lowest BCUT2D eigenvalue weighted by molar-refractivity contribution is -0.140. The van der Waals surface area contributed by atoms with Crippen molar-refractivity contribution in [2.24, 2.45) is 0 Å². The second-order valence-corrected chi connectivity index (χ2v) is 7.27. The van der Waals surface area contributed by atoms with Gasteiger partial charge in [-0.15, -0.1) is 0 Å². The molecule has 4 rings (SSSR count). The molecule has 2 heterocycles. The number of rotatable bonds is 3. The Kier molecular flexibility index (Phi) is 4.48. The summed E-state index contributed by atoms with van der Waals surface area (Å²) in [6.07, 6.45) is -3.20. The molecule has 0 N–H and O–H groups in total. The summed E-state index contributed by atoms with van der Waals surface area (Å²) in [7, 11) is 0. The van der Waals surface area contributed by atoms with Crippen LogP contribution in [0, 0.1) is 6.92 Å². The maximum atomic E-state index is 13.3. The predicted molar refractivity (Wildman–Crippen MR) is 107 cm³/mol. The molecule has 0 amide bonds. The van der Waals surface area contributed by atoms with E-state index < -0.39 is 18.3 Å². The molecule has 0 aliphatic heterocycles. The highest BCUT2D eigenvalue weighted by atomic mass is 19.4. The summed E-state index contributed by atoms with van der Waals surface area (Å²) in [5, 5.41) is 4.94. The summed E-state index contributed by atoms with van der Waals surface area (Å²) in [6, 6.07) is 12.2. The van der Waals surface area contributed by atoms with E-state index in [2.05, 4.69) is 5.10 Å². The van der Waals surface area contributed by atoms with Crippen molar-refractivity contribution in [3.05, 3.63) is 71.5 Å². The normalized spacial score (nSPS) is 12.4. The van der Waals surface area contributed by atoms with Crippen molar-refractivity contribution in [1.82, 2.24) is 14.3 Å². The molecule has 0 saturated heterocycles. The Morgan fingerprint density at radius 2 is 1.83 bits per heavy atom. The second kappa shape index (κ2) is 6.76. The zero-order valence-corrected chi connectivity index (χ0v) is 15.9. The monoisotopic (exact) mass is 397 g/mol. The molecule has 0 spiro atoms. The average molecular weight is 397 g/mol. The van der Waals surface area contributed by atoms with Gasteiger partial charge in [0.1, 0.15) is 6.54 Å². The van der Waals surface area contributed by atoms with Crippen molar-refractivity contribution >= 4 is 21.8 Å². The van der Waals surface area contributed by atoms with Crippen LogP contribution in [0.3, 0.4) is 0 Å². The van der Waals surface area contributed by atoms with Gasteiger partial charge in [-0.3, -0.25) is 14.0 Å². The van der Waals surface area contributed by atoms with Crippen LogP contribution in [-0.4, -0.2) is 20.5 Å². The van der Waals surface area contributed by atoms with Crippen LogP contribution in [0.2, 0.25) is 0 Å². The van der Waals surface area contributed by atoms with E-state index in [0.717, 1.165) is 4.57 Å². The first-order valence-corrected chi connectivity index (χ1v) is 9.13. The Morgan fingerprint density at radius 3 is 2.48 bits per heavy atom. The number of halogens is 3. The molecule has 29 heavy (non-hydrogen) atoms. The van der Waals surface area contributed by atoms with Gasteiger partial charge in [0.05, 0.1) is 22.6 Å². The van der Waals surface area contributed by atoms with Gasteiger partial charge < -0.3 is 0 Å². The zero-order valence-electron chi connectivity index (χ0n) is 15.9. The fourth-order valence-corrected chi connectivity index (χ4v) is 3.65. The smallest absolute Gasteiger partial charge is 0.298 e. The molecule has 4 aromatic rings. The van der Waals surface area contributed by atoms with Crippen LogP contribution in [0.5, 0.6) is 0 Å². The highest BCUT2D eigenvalue weighted by Gasteiger charge is 2.30. The molecule has 0 atom stereocenters. The van der Waals surface area contributed by atoms with E-state index in [9.17, 15) is 18.0 Å². The van der Waals surface area contributed by atoms with Crippen molar-refractivity contribution in [2.75, 3.05) is 0 Å². The minimum Gasteiger partial charge on any atom is -0.298 e. The van der Waals surface area contributed by atoms with Gasteiger partial charge in [0, 0.05) is 11.4 Å². The Hall–Kier alpha value is -3.09. The zero-order chi connectivity index (χ0) is 20.9. The first-order valence-electron chi connectivity index (χ1n) is 9.13. The molecule has 0 aliphatic carbocycles. The maximum absolute atomic E-state index is 13.3. The lowest BCUT2D eigenvalue weighted by atomic mass is 9.98. The largest absolute Gasteiger partial charge is 0.406 e. The van der Waals surface area contributed by atoms with E-state index in [-0.39, 0.29) is 16.9 Å². The van der Waals surface area contributed by atoms with Gasteiger partial charge in [-0.2, -0.15) is 18.3 Å². The van der Waals surface area contributed by atoms with Gasteiger partial charge in [-0.25, -0.2) is 0 Å². The molecule has 0 fully saturated rings. The summed E-state index contributed by atoms with van der Waals surface area (Å²) < 4.78 is 42.2. The standard InChI is InChI=1S/C22H18F3N3O/c1-13(2)28-20-17-9-8-15(16-7-5-4-6-14(16)3)10-19(17)27(12-22(23,24)25)21(29)18(20)11-26-28/h3-11,13H,12H2,1-2H3. The highest BCUT2D eigenvalue weighted by molar-refractivity contribution is 6.04. The fourth-order valence-electron chi connectivity index (χ4n) is 3.65. The number of hydrogen-bond acceptors (Lipinski definition) is 2. The molecule has 2 aromatic heterocycles. The van der Waals surface area contributed by atoms with Crippen LogP contribution < -0.4 is 5.56 Å². The van der Waals surface area contributed by atoms with Crippen molar-refractivity contribution in [1.29, 1.82) is 0 Å². The molecule has 7 heteroatoms. The number of alkyl halides is 3. The Balaban J connectivity index is 2.12. The van der Waals surface area contributed by atoms with Crippen molar-refractivity contribution in [2.45, 2.75) is 32.6 Å². The molecule has 0 unspecified atom stereocenters. The highest BCUT2D eigenvalue weighted by Crippen LogP contribution is 2.31. The molecule has 0 bridgehead atoms. The number of benzene rings is 2. The fraction of sp³-hybridized carbons (Fsp3) is 0.227. The molecule has 2 aromatic carbocycles. The van der Waals surface area contributed by atoms with E-state index in [0.29, 0.717) is 27.6 Å². The third kappa shape index (κ3) is 3.30. The second-order valence-electron chi connectivity index (χ2n) is 7.27. The SMILES string of the molecule is [CH]c1ccccc1-c1ccc2c3c(cnn3C(C)C)c(=O)n(CC(F)(F)F)c2c1. The third-order valence-electron chi connectivity index (χ3n) is 4.91. The predicted octanol–water partition coefficient (Wildman–Crippen LogP) is 5.22. The van der Waals surface area contributed by atoms with Crippen LogP contribution >= 0.6 is 0 Å². The molecule has 4 nitrogen and oxygen atoms in total. The molecule has 0 aliphatic rings. The minimum atomic E-state index is -4.54. The van der Waals surface area contributed by atoms with E-state index >= 15 is 0 Å². The van der Waals surface area contributed by atoms with Crippen LogP contribution in [0.15, 0.2) is 53.5 Å². The lowest BCUT2D eigenvalue weighted by Crippen LogP contribution is -2.28. The molecular formula is C22H18F3N3O. The van der Waals surface area contributed by atoms with Crippen molar-refractivity contribution < 1.29 is 13.2 Å².